The molecule has 2 saturated carbocycles. The molecule has 0 amide bonds. The van der Waals surface area contributed by atoms with Crippen LogP contribution in [0.15, 0.2) is 24.3 Å². The predicted molar refractivity (Wildman–Crippen MR) is 110 cm³/mol. The Kier molecular flexibility index (Phi) is 6.80. The lowest BCUT2D eigenvalue weighted by Crippen LogP contribution is -2.24. The molecular weight excluding hydrogens is 314 g/mol. The summed E-state index contributed by atoms with van der Waals surface area (Å²) >= 11 is 0. The van der Waals surface area contributed by atoms with E-state index in [0.29, 0.717) is 5.92 Å². The monoisotopic (exact) mass is 351 g/mol. The van der Waals surface area contributed by atoms with E-state index < -0.39 is 0 Å². The third-order valence-corrected chi connectivity index (χ3v) is 7.69. The van der Waals surface area contributed by atoms with Gasteiger partial charge in [0.1, 0.15) is 0 Å². The quantitative estimate of drug-likeness (QED) is 0.523. The minimum atomic E-state index is -0.0345. The highest BCUT2D eigenvalue weighted by Gasteiger charge is 2.34. The number of hydrogen-bond acceptors (Lipinski definition) is 1. The molecule has 0 aliphatic heterocycles. The van der Waals surface area contributed by atoms with Gasteiger partial charge in [-0.15, -0.1) is 0 Å². The lowest BCUT2D eigenvalue weighted by Gasteiger charge is -2.34. The van der Waals surface area contributed by atoms with Crippen molar-refractivity contribution in [3.63, 3.8) is 0 Å². The first kappa shape index (κ1) is 19.5. The van der Waals surface area contributed by atoms with Crippen LogP contribution in [0.5, 0.6) is 0 Å². The first-order chi connectivity index (χ1) is 12.7. The molecule has 0 saturated heterocycles. The Hall–Kier alpha value is -1.29. The zero-order chi connectivity index (χ0) is 18.4. The van der Waals surface area contributed by atoms with Crippen LogP contribution in [0.4, 0.5) is 0 Å². The maximum Gasteiger partial charge on any atom is 0.0689 e. The Balaban J connectivity index is 1.46. The fourth-order valence-electron chi connectivity index (χ4n) is 5.30. The minimum Gasteiger partial charge on any atom is -0.198 e. The summed E-state index contributed by atoms with van der Waals surface area (Å²) in [6.45, 7) is 4.52. The Morgan fingerprint density at radius 1 is 0.923 bits per heavy atom. The summed E-state index contributed by atoms with van der Waals surface area (Å²) in [6, 6.07) is 12.1. The average molecular weight is 352 g/mol. The third-order valence-electron chi connectivity index (χ3n) is 7.69. The number of nitrogens with zero attached hydrogens (tertiary/aromatic N) is 1. The van der Waals surface area contributed by atoms with Crippen LogP contribution in [0.1, 0.15) is 102 Å². The predicted octanol–water partition coefficient (Wildman–Crippen LogP) is 7.41. The molecule has 1 aromatic carbocycles. The van der Waals surface area contributed by atoms with Gasteiger partial charge in [-0.2, -0.15) is 5.26 Å². The van der Waals surface area contributed by atoms with Gasteiger partial charge in [-0.05, 0) is 73.8 Å². The van der Waals surface area contributed by atoms with Crippen LogP contribution in [0.25, 0.3) is 0 Å². The second kappa shape index (κ2) is 9.07. The van der Waals surface area contributed by atoms with Gasteiger partial charge in [0.15, 0.2) is 0 Å². The molecule has 1 aromatic rings. The molecule has 0 radical (unpaired) electrons. The molecule has 0 atom stereocenters. The van der Waals surface area contributed by atoms with Crippen molar-refractivity contribution in [2.75, 3.05) is 0 Å². The summed E-state index contributed by atoms with van der Waals surface area (Å²) in [5, 5.41) is 9.48. The first-order valence-electron chi connectivity index (χ1n) is 11.2. The summed E-state index contributed by atoms with van der Waals surface area (Å²) in [7, 11) is 0. The van der Waals surface area contributed by atoms with E-state index in [-0.39, 0.29) is 5.41 Å². The molecule has 0 spiro atoms. The summed E-state index contributed by atoms with van der Waals surface area (Å²) < 4.78 is 0. The third kappa shape index (κ3) is 4.70. The zero-order valence-electron chi connectivity index (χ0n) is 17.0. The SMILES string of the molecule is CCC1CCC(CCc2ccc(C3CCC(C#N)(CC)CC3)cc2)CC1. The highest BCUT2D eigenvalue weighted by molar-refractivity contribution is 5.26. The van der Waals surface area contributed by atoms with Gasteiger partial charge in [0.05, 0.1) is 11.5 Å². The molecule has 2 aliphatic rings. The molecule has 26 heavy (non-hydrogen) atoms. The van der Waals surface area contributed by atoms with Crippen molar-refractivity contribution in [3.8, 4) is 6.07 Å². The minimum absolute atomic E-state index is 0.0345. The van der Waals surface area contributed by atoms with E-state index in [9.17, 15) is 5.26 Å². The van der Waals surface area contributed by atoms with E-state index in [2.05, 4.69) is 44.2 Å². The van der Waals surface area contributed by atoms with Crippen LogP contribution in [0, 0.1) is 28.6 Å². The number of rotatable bonds is 6. The summed E-state index contributed by atoms with van der Waals surface area (Å²) in [4.78, 5) is 0. The molecule has 0 unspecified atom stereocenters. The van der Waals surface area contributed by atoms with Gasteiger partial charge in [0.2, 0.25) is 0 Å². The van der Waals surface area contributed by atoms with Gasteiger partial charge in [-0.3, -0.25) is 0 Å². The maximum absolute atomic E-state index is 9.48. The molecule has 0 aromatic heterocycles. The first-order valence-corrected chi connectivity index (χ1v) is 11.2. The fraction of sp³-hybridized carbons (Fsp3) is 0.720. The van der Waals surface area contributed by atoms with Crippen LogP contribution < -0.4 is 0 Å². The van der Waals surface area contributed by atoms with E-state index in [0.717, 1.165) is 31.1 Å². The smallest absolute Gasteiger partial charge is 0.0689 e. The van der Waals surface area contributed by atoms with E-state index in [1.807, 2.05) is 0 Å². The Morgan fingerprint density at radius 3 is 2.08 bits per heavy atom. The number of nitriles is 1. The molecule has 1 heteroatoms. The van der Waals surface area contributed by atoms with Gasteiger partial charge in [0.25, 0.3) is 0 Å². The molecule has 3 rings (SSSR count). The van der Waals surface area contributed by atoms with Crippen LogP contribution in [0.3, 0.4) is 0 Å². The molecular formula is C25H37N. The zero-order valence-corrected chi connectivity index (χ0v) is 17.0. The Labute approximate surface area is 161 Å². The summed E-state index contributed by atoms with van der Waals surface area (Å²) in [6.07, 6.45) is 15.4. The van der Waals surface area contributed by atoms with Gasteiger partial charge in [0, 0.05) is 0 Å². The van der Waals surface area contributed by atoms with Crippen molar-refractivity contribution < 1.29 is 0 Å². The van der Waals surface area contributed by atoms with Gasteiger partial charge in [-0.25, -0.2) is 0 Å². The Morgan fingerprint density at radius 2 is 1.54 bits per heavy atom. The van der Waals surface area contributed by atoms with Crippen molar-refractivity contribution in [3.05, 3.63) is 35.4 Å². The normalized spacial score (nSPS) is 32.1. The fourth-order valence-corrected chi connectivity index (χ4v) is 5.30. The second-order valence-electron chi connectivity index (χ2n) is 9.10. The van der Waals surface area contributed by atoms with Crippen molar-refractivity contribution in [1.29, 1.82) is 5.26 Å². The number of aryl methyl sites for hydroxylation is 1. The highest BCUT2D eigenvalue weighted by atomic mass is 14.4. The van der Waals surface area contributed by atoms with E-state index >= 15 is 0 Å². The van der Waals surface area contributed by atoms with Crippen LogP contribution >= 0.6 is 0 Å². The van der Waals surface area contributed by atoms with Crippen LogP contribution in [-0.4, -0.2) is 0 Å². The van der Waals surface area contributed by atoms with Gasteiger partial charge in [-0.1, -0.05) is 70.2 Å². The topological polar surface area (TPSA) is 23.8 Å². The van der Waals surface area contributed by atoms with Crippen molar-refractivity contribution in [1.82, 2.24) is 0 Å². The average Bonchev–Trinajstić information content (AvgIpc) is 2.73. The molecule has 0 N–H and O–H groups in total. The standard InChI is InChI=1S/C25H37N/c1-3-20-5-7-21(8-6-20)9-10-22-11-13-23(14-12-22)24-15-17-25(4-2,19-26)18-16-24/h11-14,20-21,24H,3-10,15-18H2,1-2H3. The second-order valence-corrected chi connectivity index (χ2v) is 9.10. The van der Waals surface area contributed by atoms with Crippen molar-refractivity contribution >= 4 is 0 Å². The van der Waals surface area contributed by atoms with E-state index in [1.165, 1.54) is 68.9 Å². The molecule has 0 bridgehead atoms. The van der Waals surface area contributed by atoms with E-state index in [1.54, 1.807) is 0 Å². The molecule has 0 heterocycles. The van der Waals surface area contributed by atoms with E-state index in [4.69, 9.17) is 0 Å². The summed E-state index contributed by atoms with van der Waals surface area (Å²) in [5.74, 6) is 2.64. The summed E-state index contributed by atoms with van der Waals surface area (Å²) in [5.41, 5.74) is 2.98. The molecule has 2 aliphatic carbocycles. The largest absolute Gasteiger partial charge is 0.198 e. The van der Waals surface area contributed by atoms with Gasteiger partial charge >= 0.3 is 0 Å². The Bertz CT molecular complexity index is 578. The highest BCUT2D eigenvalue weighted by Crippen LogP contribution is 2.44. The molecule has 2 fully saturated rings. The van der Waals surface area contributed by atoms with Crippen molar-refractivity contribution in [2.45, 2.75) is 96.8 Å². The lowest BCUT2D eigenvalue weighted by molar-refractivity contribution is 0.238. The number of benzene rings is 1. The van der Waals surface area contributed by atoms with Crippen LogP contribution in [0.2, 0.25) is 0 Å². The maximum atomic E-state index is 9.48. The van der Waals surface area contributed by atoms with Crippen LogP contribution in [-0.2, 0) is 6.42 Å². The number of hydrogen-bond donors (Lipinski definition) is 0. The van der Waals surface area contributed by atoms with Gasteiger partial charge < -0.3 is 0 Å². The lowest BCUT2D eigenvalue weighted by atomic mass is 9.68. The molecule has 142 valence electrons. The molecule has 1 nitrogen and oxygen atoms in total. The van der Waals surface area contributed by atoms with Crippen molar-refractivity contribution in [2.24, 2.45) is 17.3 Å².